The van der Waals surface area contributed by atoms with Gasteiger partial charge in [-0.05, 0) is 30.3 Å². The number of carboxylic acid groups (broad SMARTS) is 1. The third kappa shape index (κ3) is 3.17. The van der Waals surface area contributed by atoms with Gasteiger partial charge < -0.3 is 14.4 Å². The Kier molecular flexibility index (Phi) is 4.50. The maximum absolute atomic E-state index is 14.0. The second-order valence-electron chi connectivity index (χ2n) is 5.21. The molecule has 8 nitrogen and oxygen atoms in total. The van der Waals surface area contributed by atoms with Crippen molar-refractivity contribution >= 4 is 34.3 Å². The lowest BCUT2D eigenvalue weighted by Gasteiger charge is -2.14. The number of halogens is 3. The summed E-state index contributed by atoms with van der Waals surface area (Å²) in [5.41, 5.74) is -2.29. The Morgan fingerprint density at radius 3 is 2.44 bits per heavy atom. The normalized spacial score (nSPS) is 10.8. The minimum Gasteiger partial charge on any atom is -0.449 e. The summed E-state index contributed by atoms with van der Waals surface area (Å²) in [6.07, 6.45) is -0.950. The Morgan fingerprint density at radius 2 is 1.89 bits per heavy atom. The first-order valence-electron chi connectivity index (χ1n) is 7.09. The Balaban J connectivity index is 2.54. The van der Waals surface area contributed by atoms with Crippen LogP contribution in [-0.4, -0.2) is 20.8 Å². The van der Waals surface area contributed by atoms with E-state index in [0.717, 1.165) is 22.9 Å². The van der Waals surface area contributed by atoms with Crippen LogP contribution in [0.4, 0.5) is 19.3 Å². The smallest absolute Gasteiger partial charge is 0.449 e. The zero-order valence-electron chi connectivity index (χ0n) is 13.0. The lowest BCUT2D eigenvalue weighted by molar-refractivity contribution is -0.383. The fraction of sp³-hybridized carbons (Fsp3) is 0. The molecule has 11 heteroatoms. The van der Waals surface area contributed by atoms with Crippen molar-refractivity contribution in [1.29, 1.82) is 0 Å². The van der Waals surface area contributed by atoms with Gasteiger partial charge in [0.25, 0.3) is 0 Å². The van der Waals surface area contributed by atoms with Gasteiger partial charge in [0.2, 0.25) is 5.43 Å². The van der Waals surface area contributed by atoms with Crippen molar-refractivity contribution < 1.29 is 28.3 Å². The molecule has 0 bridgehead atoms. The minimum atomic E-state index is -1.82. The molecule has 3 rings (SSSR count). The first-order chi connectivity index (χ1) is 12.7. The number of hydrogen-bond donors (Lipinski definition) is 1. The summed E-state index contributed by atoms with van der Waals surface area (Å²) in [6, 6.07) is 5.14. The van der Waals surface area contributed by atoms with E-state index in [0.29, 0.717) is 6.07 Å². The predicted octanol–water partition coefficient (Wildman–Crippen LogP) is 3.89. The SMILES string of the molecule is O=C(O)Oc1cn(-c2ccc(F)cc2)c2c([N+](=O)[O-])c(Cl)c(F)cc2c1=O. The van der Waals surface area contributed by atoms with Gasteiger partial charge in [0.1, 0.15) is 17.2 Å². The van der Waals surface area contributed by atoms with Crippen LogP contribution in [0.2, 0.25) is 5.02 Å². The molecule has 0 aliphatic rings. The predicted molar refractivity (Wildman–Crippen MR) is 89.8 cm³/mol. The number of aromatic nitrogens is 1. The van der Waals surface area contributed by atoms with Crippen LogP contribution in [0.5, 0.6) is 5.75 Å². The van der Waals surface area contributed by atoms with Crippen molar-refractivity contribution in [2.45, 2.75) is 0 Å². The van der Waals surface area contributed by atoms with E-state index in [2.05, 4.69) is 4.74 Å². The Morgan fingerprint density at radius 1 is 1.26 bits per heavy atom. The van der Waals surface area contributed by atoms with Crippen LogP contribution in [0.25, 0.3) is 16.6 Å². The monoisotopic (exact) mass is 396 g/mol. The van der Waals surface area contributed by atoms with Crippen molar-refractivity contribution in [2.24, 2.45) is 0 Å². The van der Waals surface area contributed by atoms with E-state index in [9.17, 15) is 28.5 Å². The van der Waals surface area contributed by atoms with Gasteiger partial charge >= 0.3 is 11.8 Å². The molecule has 0 saturated heterocycles. The first-order valence-corrected chi connectivity index (χ1v) is 7.47. The molecule has 3 aromatic rings. The third-order valence-electron chi connectivity index (χ3n) is 3.61. The van der Waals surface area contributed by atoms with Crippen LogP contribution in [-0.2, 0) is 0 Å². The van der Waals surface area contributed by atoms with Gasteiger partial charge in [-0.1, -0.05) is 11.6 Å². The van der Waals surface area contributed by atoms with Crippen LogP contribution in [0, 0.1) is 21.7 Å². The number of pyridine rings is 1. The number of benzene rings is 2. The Labute approximate surface area is 152 Å². The number of carbonyl (C=O) groups is 1. The van der Waals surface area contributed by atoms with Crippen molar-refractivity contribution in [2.75, 3.05) is 0 Å². The van der Waals surface area contributed by atoms with E-state index in [4.69, 9.17) is 16.7 Å². The summed E-state index contributed by atoms with van der Waals surface area (Å²) in [5, 5.41) is 18.9. The molecule has 1 aromatic heterocycles. The topological polar surface area (TPSA) is 112 Å². The van der Waals surface area contributed by atoms with Crippen molar-refractivity contribution in [3.63, 3.8) is 0 Å². The summed E-state index contributed by atoms with van der Waals surface area (Å²) >= 11 is 5.71. The molecular formula is C16H7ClF2N2O6. The molecule has 27 heavy (non-hydrogen) atoms. The number of rotatable bonds is 3. The molecule has 0 fully saturated rings. The van der Waals surface area contributed by atoms with Crippen molar-refractivity contribution in [3.05, 3.63) is 73.5 Å². The van der Waals surface area contributed by atoms with Gasteiger partial charge in [0.15, 0.2) is 10.8 Å². The van der Waals surface area contributed by atoms with Gasteiger partial charge in [-0.3, -0.25) is 14.9 Å². The fourth-order valence-electron chi connectivity index (χ4n) is 2.53. The molecule has 0 radical (unpaired) electrons. The lowest BCUT2D eigenvalue weighted by Crippen LogP contribution is -2.17. The second kappa shape index (κ2) is 6.65. The van der Waals surface area contributed by atoms with Gasteiger partial charge in [0, 0.05) is 5.69 Å². The molecule has 2 aromatic carbocycles. The van der Waals surface area contributed by atoms with Gasteiger partial charge in [-0.15, -0.1) is 0 Å². The summed E-state index contributed by atoms with van der Waals surface area (Å²) in [6.45, 7) is 0. The number of fused-ring (bicyclic) bond motifs is 1. The average Bonchev–Trinajstić information content (AvgIpc) is 2.59. The van der Waals surface area contributed by atoms with E-state index < -0.39 is 55.5 Å². The zero-order valence-corrected chi connectivity index (χ0v) is 13.7. The zero-order chi connectivity index (χ0) is 19.9. The number of nitro groups is 1. The second-order valence-corrected chi connectivity index (χ2v) is 5.59. The molecule has 1 heterocycles. The van der Waals surface area contributed by atoms with Gasteiger partial charge in [-0.25, -0.2) is 13.6 Å². The quantitative estimate of drug-likeness (QED) is 0.408. The molecule has 0 atom stereocenters. The highest BCUT2D eigenvalue weighted by Crippen LogP contribution is 2.36. The van der Waals surface area contributed by atoms with Crippen molar-refractivity contribution in [3.8, 4) is 11.4 Å². The Bertz CT molecular complexity index is 1160. The number of hydrogen-bond acceptors (Lipinski definition) is 5. The highest BCUT2D eigenvalue weighted by atomic mass is 35.5. The molecule has 0 aliphatic heterocycles. The van der Waals surface area contributed by atoms with Gasteiger partial charge in [0.05, 0.1) is 16.5 Å². The molecule has 0 amide bonds. The highest BCUT2D eigenvalue weighted by molar-refractivity contribution is 6.34. The van der Waals surface area contributed by atoms with E-state index in [1.54, 1.807) is 0 Å². The molecule has 0 aliphatic carbocycles. The van der Waals surface area contributed by atoms with Crippen LogP contribution < -0.4 is 10.2 Å². The maximum Gasteiger partial charge on any atom is 0.511 e. The number of ether oxygens (including phenoxy) is 1. The summed E-state index contributed by atoms with van der Waals surface area (Å²) in [5.74, 6) is -2.58. The minimum absolute atomic E-state index is 0.113. The Hall–Kier alpha value is -3.53. The van der Waals surface area contributed by atoms with E-state index >= 15 is 0 Å². The largest absolute Gasteiger partial charge is 0.511 e. The molecule has 138 valence electrons. The number of nitro benzene ring substituents is 1. The molecule has 0 unspecified atom stereocenters. The standard InChI is InChI=1S/C16H7ClF2N2O6/c17-12-10(19)5-9-13(14(12)21(25)26)20(8-3-1-7(18)2-4-8)6-11(15(9)22)27-16(23)24/h1-6H,(H,23,24). The van der Waals surface area contributed by atoms with Crippen LogP contribution in [0.1, 0.15) is 0 Å². The molecule has 0 spiro atoms. The number of nitrogens with zero attached hydrogens (tertiary/aromatic N) is 2. The van der Waals surface area contributed by atoms with E-state index in [-0.39, 0.29) is 5.69 Å². The van der Waals surface area contributed by atoms with Crippen molar-refractivity contribution in [1.82, 2.24) is 4.57 Å². The fourth-order valence-corrected chi connectivity index (χ4v) is 2.74. The first kappa shape index (κ1) is 18.3. The average molecular weight is 397 g/mol. The summed E-state index contributed by atoms with van der Waals surface area (Å²) in [4.78, 5) is 33.7. The van der Waals surface area contributed by atoms with Crippen LogP contribution >= 0.6 is 11.6 Å². The van der Waals surface area contributed by atoms with Crippen LogP contribution in [0.3, 0.4) is 0 Å². The lowest BCUT2D eigenvalue weighted by atomic mass is 10.1. The van der Waals surface area contributed by atoms with Gasteiger partial charge in [-0.2, -0.15) is 0 Å². The van der Waals surface area contributed by atoms with E-state index in [1.807, 2.05) is 0 Å². The highest BCUT2D eigenvalue weighted by Gasteiger charge is 2.27. The maximum atomic E-state index is 14.0. The molecule has 1 N–H and O–H groups in total. The van der Waals surface area contributed by atoms with Crippen LogP contribution in [0.15, 0.2) is 41.3 Å². The summed E-state index contributed by atoms with van der Waals surface area (Å²) in [7, 11) is 0. The molecular weight excluding hydrogens is 390 g/mol. The van der Waals surface area contributed by atoms with E-state index in [1.165, 1.54) is 12.1 Å². The third-order valence-corrected chi connectivity index (χ3v) is 3.97. The summed E-state index contributed by atoms with van der Waals surface area (Å²) < 4.78 is 32.6. The molecule has 0 saturated carbocycles.